The third-order valence-electron chi connectivity index (χ3n) is 4.37. The van der Waals surface area contributed by atoms with Crippen LogP contribution < -0.4 is 5.32 Å². The summed E-state index contributed by atoms with van der Waals surface area (Å²) >= 11 is 0. The predicted octanol–water partition coefficient (Wildman–Crippen LogP) is 2.50. The summed E-state index contributed by atoms with van der Waals surface area (Å²) in [6.45, 7) is 2.61. The average Bonchev–Trinajstić information content (AvgIpc) is 2.98. The van der Waals surface area contributed by atoms with Crippen LogP contribution in [0.3, 0.4) is 0 Å². The van der Waals surface area contributed by atoms with Gasteiger partial charge in [0.05, 0.1) is 6.10 Å². The molecule has 20 heavy (non-hydrogen) atoms. The second-order valence-corrected chi connectivity index (χ2v) is 5.85. The minimum absolute atomic E-state index is 0.0605. The van der Waals surface area contributed by atoms with E-state index in [1.165, 1.54) is 6.42 Å². The summed E-state index contributed by atoms with van der Waals surface area (Å²) in [5.41, 5.74) is 0. The minimum Gasteiger partial charge on any atom is -0.393 e. The topological polar surface area (TPSA) is 54.3 Å². The third-order valence-corrected chi connectivity index (χ3v) is 4.37. The monoisotopic (exact) mass is 278 g/mol. The quantitative estimate of drug-likeness (QED) is 0.786. The van der Waals surface area contributed by atoms with Crippen LogP contribution in [0.4, 0.5) is 0 Å². The van der Waals surface area contributed by atoms with Gasteiger partial charge in [-0.15, -0.1) is 0 Å². The lowest BCUT2D eigenvalue weighted by Gasteiger charge is -2.27. The van der Waals surface area contributed by atoms with Crippen LogP contribution in [-0.2, 0) is 4.79 Å². The first-order chi connectivity index (χ1) is 9.68. The number of rotatable bonds is 6. The van der Waals surface area contributed by atoms with E-state index in [2.05, 4.69) is 5.32 Å². The molecule has 1 aromatic rings. The van der Waals surface area contributed by atoms with Gasteiger partial charge in [0.2, 0.25) is 5.91 Å². The van der Waals surface area contributed by atoms with Gasteiger partial charge in [-0.05, 0) is 50.7 Å². The van der Waals surface area contributed by atoms with Crippen LogP contribution in [0.25, 0.3) is 0 Å². The zero-order valence-corrected chi connectivity index (χ0v) is 12.3. The zero-order valence-electron chi connectivity index (χ0n) is 12.3. The lowest BCUT2D eigenvalue weighted by molar-refractivity contribution is -0.123. The van der Waals surface area contributed by atoms with E-state index in [1.54, 1.807) is 0 Å². The Bertz CT molecular complexity index is 403. The number of aliphatic hydroxyl groups is 1. The number of hydrogen-bond donors (Lipinski definition) is 2. The summed E-state index contributed by atoms with van der Waals surface area (Å²) in [5, 5.41) is 12.9. The van der Waals surface area contributed by atoms with E-state index in [9.17, 15) is 9.90 Å². The summed E-state index contributed by atoms with van der Waals surface area (Å²) < 4.78 is 1.90. The van der Waals surface area contributed by atoms with E-state index in [1.807, 2.05) is 36.0 Å². The van der Waals surface area contributed by atoms with Crippen LogP contribution in [0.15, 0.2) is 24.5 Å². The Hall–Kier alpha value is -1.29. The molecule has 1 heterocycles. The number of nitrogens with zero attached hydrogens (tertiary/aromatic N) is 1. The van der Waals surface area contributed by atoms with Crippen molar-refractivity contribution in [3.63, 3.8) is 0 Å². The summed E-state index contributed by atoms with van der Waals surface area (Å²) in [6, 6.07) is 3.69. The summed E-state index contributed by atoms with van der Waals surface area (Å²) in [6.07, 6.45) is 10.1. The molecule has 1 fully saturated rings. The number of nitrogens with one attached hydrogen (secondary N) is 1. The lowest BCUT2D eigenvalue weighted by Crippen LogP contribution is -2.32. The third kappa shape index (κ3) is 4.10. The highest BCUT2D eigenvalue weighted by atomic mass is 16.3. The fourth-order valence-corrected chi connectivity index (χ4v) is 2.99. The van der Waals surface area contributed by atoms with Crippen LogP contribution in [0, 0.1) is 5.92 Å². The zero-order chi connectivity index (χ0) is 14.4. The Morgan fingerprint density at radius 2 is 2.05 bits per heavy atom. The Labute approximate surface area is 121 Å². The first kappa shape index (κ1) is 15.1. The molecule has 112 valence electrons. The first-order valence-electron chi connectivity index (χ1n) is 7.76. The molecule has 4 heteroatoms. The first-order valence-corrected chi connectivity index (χ1v) is 7.76. The SMILES string of the molecule is CC(C(=O)NCCCC1CCCCC1O)n1cccc1. The molecule has 3 unspecified atom stereocenters. The molecule has 4 nitrogen and oxygen atoms in total. The van der Waals surface area contributed by atoms with E-state index in [0.717, 1.165) is 32.1 Å². The molecule has 1 aliphatic carbocycles. The van der Waals surface area contributed by atoms with Gasteiger partial charge < -0.3 is 15.0 Å². The molecule has 0 spiro atoms. The summed E-state index contributed by atoms with van der Waals surface area (Å²) in [4.78, 5) is 12.0. The van der Waals surface area contributed by atoms with Crippen LogP contribution in [0.2, 0.25) is 0 Å². The van der Waals surface area contributed by atoms with Gasteiger partial charge in [0.1, 0.15) is 6.04 Å². The molecule has 3 atom stereocenters. The van der Waals surface area contributed by atoms with E-state index in [4.69, 9.17) is 0 Å². The van der Waals surface area contributed by atoms with Crippen molar-refractivity contribution in [3.8, 4) is 0 Å². The highest BCUT2D eigenvalue weighted by molar-refractivity contribution is 5.79. The number of aliphatic hydroxyl groups excluding tert-OH is 1. The Balaban J connectivity index is 1.64. The average molecular weight is 278 g/mol. The smallest absolute Gasteiger partial charge is 0.242 e. The molecule has 0 aliphatic heterocycles. The lowest BCUT2D eigenvalue weighted by atomic mass is 9.83. The highest BCUT2D eigenvalue weighted by Crippen LogP contribution is 2.27. The Kier molecular flexibility index (Phi) is 5.65. The van der Waals surface area contributed by atoms with Crippen molar-refractivity contribution >= 4 is 5.91 Å². The maximum atomic E-state index is 12.0. The van der Waals surface area contributed by atoms with Crippen molar-refractivity contribution < 1.29 is 9.90 Å². The van der Waals surface area contributed by atoms with E-state index in [-0.39, 0.29) is 18.1 Å². The second kappa shape index (κ2) is 7.48. The second-order valence-electron chi connectivity index (χ2n) is 5.85. The van der Waals surface area contributed by atoms with Gasteiger partial charge in [-0.3, -0.25) is 4.79 Å². The fraction of sp³-hybridized carbons (Fsp3) is 0.688. The van der Waals surface area contributed by atoms with Gasteiger partial charge in [-0.25, -0.2) is 0 Å². The van der Waals surface area contributed by atoms with Crippen LogP contribution in [0.5, 0.6) is 0 Å². The van der Waals surface area contributed by atoms with E-state index < -0.39 is 0 Å². The maximum absolute atomic E-state index is 12.0. The standard InChI is InChI=1S/C16H26N2O2/c1-13(18-11-4-5-12-18)16(20)17-10-6-8-14-7-2-3-9-15(14)19/h4-5,11-15,19H,2-3,6-10H2,1H3,(H,17,20). The number of amides is 1. The molecular weight excluding hydrogens is 252 g/mol. The molecule has 1 aliphatic rings. The normalized spacial score (nSPS) is 24.3. The molecule has 2 rings (SSSR count). The van der Waals surface area contributed by atoms with Gasteiger partial charge in [-0.1, -0.05) is 12.8 Å². The molecular formula is C16H26N2O2. The van der Waals surface area contributed by atoms with Crippen LogP contribution in [-0.4, -0.2) is 28.2 Å². The van der Waals surface area contributed by atoms with Crippen molar-refractivity contribution in [1.29, 1.82) is 0 Å². The fourth-order valence-electron chi connectivity index (χ4n) is 2.99. The number of hydrogen-bond acceptors (Lipinski definition) is 2. The van der Waals surface area contributed by atoms with Crippen molar-refractivity contribution in [2.45, 2.75) is 57.6 Å². The Morgan fingerprint density at radius 3 is 2.75 bits per heavy atom. The maximum Gasteiger partial charge on any atom is 0.242 e. The Morgan fingerprint density at radius 1 is 1.35 bits per heavy atom. The molecule has 0 saturated heterocycles. The molecule has 1 saturated carbocycles. The van der Waals surface area contributed by atoms with Gasteiger partial charge >= 0.3 is 0 Å². The van der Waals surface area contributed by atoms with Crippen molar-refractivity contribution in [2.24, 2.45) is 5.92 Å². The van der Waals surface area contributed by atoms with Crippen molar-refractivity contribution in [2.75, 3.05) is 6.54 Å². The van der Waals surface area contributed by atoms with Crippen molar-refractivity contribution in [1.82, 2.24) is 9.88 Å². The molecule has 0 radical (unpaired) electrons. The molecule has 0 aromatic carbocycles. The van der Waals surface area contributed by atoms with Gasteiger partial charge in [0.15, 0.2) is 0 Å². The predicted molar refractivity (Wildman–Crippen MR) is 79.4 cm³/mol. The van der Waals surface area contributed by atoms with E-state index in [0.29, 0.717) is 12.5 Å². The van der Waals surface area contributed by atoms with Gasteiger partial charge in [0, 0.05) is 18.9 Å². The number of aromatic nitrogens is 1. The van der Waals surface area contributed by atoms with Gasteiger partial charge in [0.25, 0.3) is 0 Å². The number of carbonyl (C=O) groups is 1. The van der Waals surface area contributed by atoms with Crippen LogP contribution >= 0.6 is 0 Å². The molecule has 0 bridgehead atoms. The molecule has 1 aromatic heterocycles. The van der Waals surface area contributed by atoms with Gasteiger partial charge in [-0.2, -0.15) is 0 Å². The largest absolute Gasteiger partial charge is 0.393 e. The summed E-state index contributed by atoms with van der Waals surface area (Å²) in [7, 11) is 0. The highest BCUT2D eigenvalue weighted by Gasteiger charge is 2.22. The summed E-state index contributed by atoms with van der Waals surface area (Å²) in [5.74, 6) is 0.493. The number of carbonyl (C=O) groups excluding carboxylic acids is 1. The van der Waals surface area contributed by atoms with E-state index >= 15 is 0 Å². The molecule has 1 amide bonds. The van der Waals surface area contributed by atoms with Crippen LogP contribution in [0.1, 0.15) is 51.5 Å². The minimum atomic E-state index is -0.162. The molecule has 2 N–H and O–H groups in total. The van der Waals surface area contributed by atoms with Crippen molar-refractivity contribution in [3.05, 3.63) is 24.5 Å².